The van der Waals surface area contributed by atoms with Crippen LogP contribution in [0.3, 0.4) is 0 Å². The number of aryl methyl sites for hydroxylation is 2. The summed E-state index contributed by atoms with van der Waals surface area (Å²) in [5.41, 5.74) is 2.78. The minimum atomic E-state index is -0.809. The van der Waals surface area contributed by atoms with Gasteiger partial charge in [-0.25, -0.2) is 0 Å². The lowest BCUT2D eigenvalue weighted by molar-refractivity contribution is -0.166. The van der Waals surface area contributed by atoms with Crippen molar-refractivity contribution >= 4 is 11.8 Å². The maximum absolute atomic E-state index is 13.8. The van der Waals surface area contributed by atoms with E-state index in [9.17, 15) is 14.7 Å². The molecule has 3 fully saturated rings. The van der Waals surface area contributed by atoms with Gasteiger partial charge in [0, 0.05) is 44.0 Å². The van der Waals surface area contributed by atoms with E-state index in [-0.39, 0.29) is 17.7 Å². The molecule has 1 aromatic rings. The van der Waals surface area contributed by atoms with Crippen LogP contribution in [-0.2, 0) is 22.7 Å². The largest absolute Gasteiger partial charge is 0.390 e. The second-order valence-corrected chi connectivity index (χ2v) is 11.4. The number of aliphatic hydroxyl groups excluding tert-OH is 1. The summed E-state index contributed by atoms with van der Waals surface area (Å²) in [6.45, 7) is 12.4. The summed E-state index contributed by atoms with van der Waals surface area (Å²) in [5.74, 6) is -0.0556. The van der Waals surface area contributed by atoms with Gasteiger partial charge in [0.15, 0.2) is 0 Å². The van der Waals surface area contributed by atoms with Gasteiger partial charge in [0.25, 0.3) is 0 Å². The molecular formula is C28H47N5O3. The number of amides is 2. The van der Waals surface area contributed by atoms with Gasteiger partial charge in [-0.05, 0) is 58.3 Å². The summed E-state index contributed by atoms with van der Waals surface area (Å²) in [5, 5.41) is 18.9. The molecule has 2 atom stereocenters. The second-order valence-electron chi connectivity index (χ2n) is 11.4. The molecule has 2 amide bonds. The monoisotopic (exact) mass is 501 g/mol. The van der Waals surface area contributed by atoms with Crippen molar-refractivity contribution in [3.63, 3.8) is 0 Å². The summed E-state index contributed by atoms with van der Waals surface area (Å²) in [7, 11) is 0. The van der Waals surface area contributed by atoms with E-state index in [2.05, 4.69) is 42.6 Å². The lowest BCUT2D eigenvalue weighted by Crippen LogP contribution is -2.75. The average Bonchev–Trinajstić information content (AvgIpc) is 3.15. The van der Waals surface area contributed by atoms with E-state index < -0.39 is 17.7 Å². The number of carbonyl (C=O) groups excluding carboxylic acids is 2. The maximum Gasteiger partial charge on any atom is 0.248 e. The van der Waals surface area contributed by atoms with Crippen LogP contribution in [0.5, 0.6) is 0 Å². The molecule has 3 heterocycles. The van der Waals surface area contributed by atoms with Crippen molar-refractivity contribution in [3.05, 3.63) is 17.0 Å². The van der Waals surface area contributed by atoms with Crippen LogP contribution < -0.4 is 5.32 Å². The first-order chi connectivity index (χ1) is 17.3. The number of rotatable bonds is 9. The Kier molecular flexibility index (Phi) is 8.76. The third-order valence-corrected chi connectivity index (χ3v) is 9.00. The van der Waals surface area contributed by atoms with Crippen LogP contribution in [0.25, 0.3) is 0 Å². The standard InChI is InChI=1S/C28H47N5O3/c1-5-7-16-32-26(35)24(25(34)22-11-9-8-10-12-22)29-27(36)28(32)13-17-31(18-14-28)19-23-20(3)30-33(15-6-2)21(23)4/h22,24-25,34H,5-19H2,1-4H3,(H,29,36). The molecule has 36 heavy (non-hydrogen) atoms. The SMILES string of the molecule is CCCCN1C(=O)C(C(O)C2CCCCC2)NC(=O)C12CCN(Cc1c(C)nn(CCC)c1C)CC2. The van der Waals surface area contributed by atoms with Crippen molar-refractivity contribution in [1.29, 1.82) is 0 Å². The molecule has 0 aromatic carbocycles. The molecule has 8 heteroatoms. The van der Waals surface area contributed by atoms with E-state index in [0.717, 1.165) is 76.8 Å². The highest BCUT2D eigenvalue weighted by Crippen LogP contribution is 2.36. The molecule has 3 aliphatic rings. The fourth-order valence-electron chi connectivity index (χ4n) is 6.65. The number of hydrogen-bond donors (Lipinski definition) is 2. The van der Waals surface area contributed by atoms with Crippen molar-refractivity contribution in [2.24, 2.45) is 5.92 Å². The molecule has 1 spiro atoms. The first-order valence-corrected chi connectivity index (χ1v) is 14.4. The van der Waals surface area contributed by atoms with Gasteiger partial charge in [-0.1, -0.05) is 39.5 Å². The topological polar surface area (TPSA) is 90.7 Å². The highest BCUT2D eigenvalue weighted by atomic mass is 16.3. The first-order valence-electron chi connectivity index (χ1n) is 14.4. The summed E-state index contributed by atoms with van der Waals surface area (Å²) in [6, 6.07) is -0.809. The number of aliphatic hydroxyl groups is 1. The normalized spacial score (nSPS) is 24.4. The number of nitrogens with zero attached hydrogens (tertiary/aromatic N) is 4. The first kappa shape index (κ1) is 27.1. The molecule has 1 saturated carbocycles. The quantitative estimate of drug-likeness (QED) is 0.542. The number of nitrogens with one attached hydrogen (secondary N) is 1. The molecule has 2 unspecified atom stereocenters. The number of likely N-dealkylation sites (tertiary alicyclic amines) is 1. The van der Waals surface area contributed by atoms with Gasteiger partial charge in [0.05, 0.1) is 11.8 Å². The number of piperazine rings is 1. The molecular weight excluding hydrogens is 454 g/mol. The van der Waals surface area contributed by atoms with Gasteiger partial charge in [-0.2, -0.15) is 5.10 Å². The van der Waals surface area contributed by atoms with E-state index in [1.54, 1.807) is 0 Å². The van der Waals surface area contributed by atoms with Crippen LogP contribution in [0.1, 0.15) is 95.0 Å². The summed E-state index contributed by atoms with van der Waals surface area (Å²) in [6.07, 6.45) is 8.58. The Morgan fingerprint density at radius 2 is 1.75 bits per heavy atom. The fraction of sp³-hybridized carbons (Fsp3) is 0.821. The second kappa shape index (κ2) is 11.6. The Labute approximate surface area is 216 Å². The van der Waals surface area contributed by atoms with Crippen molar-refractivity contribution in [3.8, 4) is 0 Å². The Bertz CT molecular complexity index is 915. The van der Waals surface area contributed by atoms with Crippen molar-refractivity contribution in [2.75, 3.05) is 19.6 Å². The zero-order chi connectivity index (χ0) is 25.9. The number of hydrogen-bond acceptors (Lipinski definition) is 5. The van der Waals surface area contributed by atoms with Crippen LogP contribution in [-0.4, -0.2) is 73.8 Å². The number of aromatic nitrogens is 2. The van der Waals surface area contributed by atoms with Crippen LogP contribution in [0.2, 0.25) is 0 Å². The van der Waals surface area contributed by atoms with Gasteiger partial charge >= 0.3 is 0 Å². The maximum atomic E-state index is 13.8. The lowest BCUT2D eigenvalue weighted by Gasteiger charge is -2.52. The van der Waals surface area contributed by atoms with E-state index >= 15 is 0 Å². The highest BCUT2D eigenvalue weighted by Gasteiger charge is 2.55. The molecule has 8 nitrogen and oxygen atoms in total. The van der Waals surface area contributed by atoms with Gasteiger partial charge in [0.1, 0.15) is 11.6 Å². The molecule has 4 rings (SSSR count). The average molecular weight is 502 g/mol. The number of unbranched alkanes of at least 4 members (excludes halogenated alkanes) is 1. The number of piperidine rings is 1. The highest BCUT2D eigenvalue weighted by molar-refractivity contribution is 6.00. The van der Waals surface area contributed by atoms with Crippen molar-refractivity contribution < 1.29 is 14.7 Å². The van der Waals surface area contributed by atoms with E-state index in [1.807, 2.05) is 4.90 Å². The van der Waals surface area contributed by atoms with Gasteiger partial charge < -0.3 is 15.3 Å². The van der Waals surface area contributed by atoms with Crippen LogP contribution >= 0.6 is 0 Å². The molecule has 2 saturated heterocycles. The Hall–Kier alpha value is -1.93. The molecule has 1 aliphatic carbocycles. The zero-order valence-electron chi connectivity index (χ0n) is 22.9. The third kappa shape index (κ3) is 5.21. The number of carbonyl (C=O) groups is 2. The Balaban J connectivity index is 1.48. The van der Waals surface area contributed by atoms with Gasteiger partial charge in [-0.15, -0.1) is 0 Å². The zero-order valence-corrected chi connectivity index (χ0v) is 22.9. The third-order valence-electron chi connectivity index (χ3n) is 9.00. The Morgan fingerprint density at radius 3 is 2.39 bits per heavy atom. The molecule has 2 N–H and O–H groups in total. The van der Waals surface area contributed by atoms with E-state index in [1.165, 1.54) is 17.7 Å². The summed E-state index contributed by atoms with van der Waals surface area (Å²) in [4.78, 5) is 31.7. The minimum absolute atomic E-state index is 0.0687. The van der Waals surface area contributed by atoms with Crippen LogP contribution in [0.15, 0.2) is 0 Å². The predicted molar refractivity (Wildman–Crippen MR) is 140 cm³/mol. The van der Waals surface area contributed by atoms with E-state index in [0.29, 0.717) is 19.4 Å². The minimum Gasteiger partial charge on any atom is -0.390 e. The smallest absolute Gasteiger partial charge is 0.248 e. The molecule has 1 aromatic heterocycles. The van der Waals surface area contributed by atoms with Crippen molar-refractivity contribution in [2.45, 2.75) is 123 Å². The predicted octanol–water partition coefficient (Wildman–Crippen LogP) is 3.31. The van der Waals surface area contributed by atoms with Gasteiger partial charge in [-0.3, -0.25) is 19.2 Å². The summed E-state index contributed by atoms with van der Waals surface area (Å²) >= 11 is 0. The van der Waals surface area contributed by atoms with Crippen LogP contribution in [0.4, 0.5) is 0 Å². The molecule has 202 valence electrons. The molecule has 0 radical (unpaired) electrons. The fourth-order valence-corrected chi connectivity index (χ4v) is 6.65. The summed E-state index contributed by atoms with van der Waals surface area (Å²) < 4.78 is 2.10. The van der Waals surface area contributed by atoms with Crippen molar-refractivity contribution in [1.82, 2.24) is 24.9 Å². The van der Waals surface area contributed by atoms with Crippen LogP contribution in [0, 0.1) is 19.8 Å². The molecule has 0 bridgehead atoms. The Morgan fingerprint density at radius 1 is 1.06 bits per heavy atom. The lowest BCUT2D eigenvalue weighted by atomic mass is 9.78. The van der Waals surface area contributed by atoms with E-state index in [4.69, 9.17) is 5.10 Å². The van der Waals surface area contributed by atoms with Gasteiger partial charge in [0.2, 0.25) is 11.8 Å². The molecule has 2 aliphatic heterocycles.